The van der Waals surface area contributed by atoms with Gasteiger partial charge in [-0.05, 0) is 26.0 Å². The summed E-state index contributed by atoms with van der Waals surface area (Å²) in [4.78, 5) is 11.6. The Kier molecular flexibility index (Phi) is 2.96. The minimum atomic E-state index is 0.595. The predicted octanol–water partition coefficient (Wildman–Crippen LogP) is 2.04. The minimum absolute atomic E-state index is 0.595. The van der Waals surface area contributed by atoms with Crippen LogP contribution in [0.1, 0.15) is 13.8 Å². The quantitative estimate of drug-likeness (QED) is 0.445. The Morgan fingerprint density at radius 2 is 2.12 bits per heavy atom. The Morgan fingerprint density at radius 1 is 1.38 bits per heavy atom. The molecule has 16 heavy (non-hydrogen) atoms. The summed E-state index contributed by atoms with van der Waals surface area (Å²) in [6.45, 7) is 3.73. The van der Waals surface area contributed by atoms with Gasteiger partial charge in [0.05, 0.1) is 10.2 Å². The highest BCUT2D eigenvalue weighted by molar-refractivity contribution is 7.16. The van der Waals surface area contributed by atoms with Crippen LogP contribution in [0.15, 0.2) is 34.5 Å². The van der Waals surface area contributed by atoms with E-state index < -0.39 is 0 Å². The van der Waals surface area contributed by atoms with Crippen molar-refractivity contribution < 1.29 is 4.79 Å². The van der Waals surface area contributed by atoms with Gasteiger partial charge in [-0.25, -0.2) is 0 Å². The average Bonchev–Trinajstić information content (AvgIpc) is 2.63. The van der Waals surface area contributed by atoms with Crippen LogP contribution in [0.25, 0.3) is 10.2 Å². The fraction of sp³-hybridized carbons (Fsp3) is 0.182. The lowest BCUT2D eigenvalue weighted by molar-refractivity contribution is 0.547. The minimum Gasteiger partial charge on any atom is -0.278 e. The zero-order chi connectivity index (χ0) is 11.5. The van der Waals surface area contributed by atoms with Gasteiger partial charge in [0.25, 0.3) is 0 Å². The normalized spacial score (nSPS) is 11.8. The molecule has 0 aliphatic rings. The highest BCUT2D eigenvalue weighted by atomic mass is 32.1. The van der Waals surface area contributed by atoms with Gasteiger partial charge in [-0.15, -0.1) is 5.10 Å². The first-order chi connectivity index (χ1) is 7.72. The van der Waals surface area contributed by atoms with Gasteiger partial charge in [-0.2, -0.15) is 5.10 Å². The highest BCUT2D eigenvalue weighted by Crippen LogP contribution is 2.15. The highest BCUT2D eigenvalue weighted by Gasteiger charge is 2.03. The molecule has 0 aliphatic heterocycles. The molecule has 5 heteroatoms. The summed E-state index contributed by atoms with van der Waals surface area (Å²) in [7, 11) is 0. The SMILES string of the molecule is CC(C)=N/N=c1/sc2ccccc2n1C=O. The van der Waals surface area contributed by atoms with Crippen molar-refractivity contribution in [1.29, 1.82) is 0 Å². The second-order valence-electron chi connectivity index (χ2n) is 3.47. The molecule has 0 saturated heterocycles. The molecule has 0 amide bonds. The fourth-order valence-corrected chi connectivity index (χ4v) is 2.24. The molecule has 0 spiro atoms. The van der Waals surface area contributed by atoms with Crippen LogP contribution in [-0.2, 0) is 4.79 Å². The van der Waals surface area contributed by atoms with E-state index >= 15 is 0 Å². The third-order valence-electron chi connectivity index (χ3n) is 1.97. The number of carbonyl (C=O) groups excluding carboxylic acids is 1. The maximum absolute atomic E-state index is 11.0. The topological polar surface area (TPSA) is 46.7 Å². The Morgan fingerprint density at radius 3 is 2.81 bits per heavy atom. The van der Waals surface area contributed by atoms with Crippen molar-refractivity contribution in [3.8, 4) is 0 Å². The molecule has 0 fully saturated rings. The van der Waals surface area contributed by atoms with E-state index in [-0.39, 0.29) is 0 Å². The summed E-state index contributed by atoms with van der Waals surface area (Å²) in [5, 5.41) is 8.02. The zero-order valence-corrected chi connectivity index (χ0v) is 9.86. The average molecular weight is 233 g/mol. The lowest BCUT2D eigenvalue weighted by atomic mass is 10.3. The smallest absolute Gasteiger partial charge is 0.220 e. The summed E-state index contributed by atoms with van der Waals surface area (Å²) in [5.41, 5.74) is 1.72. The van der Waals surface area contributed by atoms with Crippen molar-refractivity contribution in [2.24, 2.45) is 10.2 Å². The maximum atomic E-state index is 11.0. The molecule has 2 aromatic rings. The summed E-state index contributed by atoms with van der Waals surface area (Å²) in [5.74, 6) is 0. The molecule has 2 rings (SSSR count). The van der Waals surface area contributed by atoms with E-state index in [9.17, 15) is 4.79 Å². The lowest BCUT2D eigenvalue weighted by Crippen LogP contribution is -2.13. The third-order valence-corrected chi connectivity index (χ3v) is 3.00. The summed E-state index contributed by atoms with van der Waals surface area (Å²) in [6, 6.07) is 7.68. The Balaban J connectivity index is 2.75. The molecule has 1 aromatic carbocycles. The number of rotatable bonds is 2. The molecule has 0 atom stereocenters. The van der Waals surface area contributed by atoms with Gasteiger partial charge in [0.15, 0.2) is 0 Å². The van der Waals surface area contributed by atoms with E-state index in [0.717, 1.165) is 22.3 Å². The first-order valence-corrected chi connectivity index (χ1v) is 5.64. The van der Waals surface area contributed by atoms with Gasteiger partial charge in [-0.3, -0.25) is 9.36 Å². The number of aromatic nitrogens is 1. The summed E-state index contributed by atoms with van der Waals surface area (Å²) >= 11 is 1.45. The second-order valence-corrected chi connectivity index (χ2v) is 4.48. The molecular formula is C11H11N3OS. The van der Waals surface area contributed by atoms with Crippen molar-refractivity contribution >= 4 is 33.7 Å². The van der Waals surface area contributed by atoms with Gasteiger partial charge < -0.3 is 0 Å². The van der Waals surface area contributed by atoms with Crippen LogP contribution in [0.3, 0.4) is 0 Å². The molecule has 1 aromatic heterocycles. The molecule has 0 unspecified atom stereocenters. The number of nitrogens with zero attached hydrogens (tertiary/aromatic N) is 3. The van der Waals surface area contributed by atoms with Gasteiger partial charge in [0, 0.05) is 5.71 Å². The molecule has 0 radical (unpaired) electrons. The summed E-state index contributed by atoms with van der Waals surface area (Å²) < 4.78 is 2.53. The molecular weight excluding hydrogens is 222 g/mol. The van der Waals surface area contributed by atoms with Crippen LogP contribution in [-0.4, -0.2) is 16.7 Å². The Bertz CT molecular complexity index is 617. The van der Waals surface area contributed by atoms with Gasteiger partial charge in [0.1, 0.15) is 0 Å². The first-order valence-electron chi connectivity index (χ1n) is 4.82. The lowest BCUT2D eigenvalue weighted by Gasteiger charge is -1.91. The monoisotopic (exact) mass is 233 g/mol. The van der Waals surface area contributed by atoms with Crippen molar-refractivity contribution in [2.75, 3.05) is 0 Å². The van der Waals surface area contributed by atoms with E-state index in [1.165, 1.54) is 15.9 Å². The molecule has 0 saturated carbocycles. The molecule has 0 bridgehead atoms. The van der Waals surface area contributed by atoms with E-state index in [1.807, 2.05) is 38.1 Å². The van der Waals surface area contributed by atoms with Crippen LogP contribution in [0.5, 0.6) is 0 Å². The number of hydrogen-bond acceptors (Lipinski definition) is 4. The van der Waals surface area contributed by atoms with Gasteiger partial charge in [0.2, 0.25) is 11.2 Å². The predicted molar refractivity (Wildman–Crippen MR) is 66.3 cm³/mol. The number of benzene rings is 1. The van der Waals surface area contributed by atoms with Crippen LogP contribution in [0.2, 0.25) is 0 Å². The van der Waals surface area contributed by atoms with E-state index in [4.69, 9.17) is 0 Å². The summed E-state index contributed by atoms with van der Waals surface area (Å²) in [6.07, 6.45) is 0.762. The third kappa shape index (κ3) is 1.94. The largest absolute Gasteiger partial charge is 0.278 e. The van der Waals surface area contributed by atoms with E-state index in [1.54, 1.807) is 0 Å². The fourth-order valence-electron chi connectivity index (χ4n) is 1.31. The van der Waals surface area contributed by atoms with Crippen LogP contribution >= 0.6 is 11.3 Å². The van der Waals surface area contributed by atoms with Crippen LogP contribution < -0.4 is 4.80 Å². The molecule has 1 heterocycles. The number of para-hydroxylation sites is 1. The van der Waals surface area contributed by atoms with Gasteiger partial charge in [-0.1, -0.05) is 23.5 Å². The van der Waals surface area contributed by atoms with Gasteiger partial charge >= 0.3 is 0 Å². The number of hydrogen-bond donors (Lipinski definition) is 0. The molecule has 4 nitrogen and oxygen atoms in total. The van der Waals surface area contributed by atoms with Crippen molar-refractivity contribution in [3.05, 3.63) is 29.1 Å². The van der Waals surface area contributed by atoms with Crippen LogP contribution in [0, 0.1) is 0 Å². The Labute approximate surface area is 96.6 Å². The standard InChI is InChI=1S/C11H11N3OS/c1-8(2)12-13-11-14(7-15)9-5-3-4-6-10(9)16-11/h3-7H,1-2H3/b13-11+. The number of thiazole rings is 1. The molecule has 82 valence electrons. The van der Waals surface area contributed by atoms with E-state index in [2.05, 4.69) is 10.2 Å². The number of carbonyl (C=O) groups is 1. The Hall–Kier alpha value is -1.75. The van der Waals surface area contributed by atoms with Crippen LogP contribution in [0.4, 0.5) is 0 Å². The first kappa shape index (κ1) is 10.8. The van der Waals surface area contributed by atoms with Crippen molar-refractivity contribution in [3.63, 3.8) is 0 Å². The van der Waals surface area contributed by atoms with Crippen molar-refractivity contribution in [2.45, 2.75) is 13.8 Å². The molecule has 0 N–H and O–H groups in total. The van der Waals surface area contributed by atoms with Crippen molar-refractivity contribution in [1.82, 2.24) is 4.57 Å². The molecule has 0 aliphatic carbocycles. The van der Waals surface area contributed by atoms with E-state index in [0.29, 0.717) is 4.80 Å². The zero-order valence-electron chi connectivity index (χ0n) is 9.04. The second kappa shape index (κ2) is 4.40. The number of fused-ring (bicyclic) bond motifs is 1. The maximum Gasteiger partial charge on any atom is 0.220 e.